The molecule has 0 saturated heterocycles. The van der Waals surface area contributed by atoms with E-state index in [1.54, 1.807) is 0 Å². The number of amides is 2. The van der Waals surface area contributed by atoms with Crippen molar-refractivity contribution in [1.82, 2.24) is 4.90 Å². The maximum absolute atomic E-state index is 12.0. The maximum Gasteiger partial charge on any atom is 0.296 e. The van der Waals surface area contributed by atoms with Crippen LogP contribution in [0.15, 0.2) is 34.9 Å². The first kappa shape index (κ1) is 17.5. The molecule has 1 aromatic rings. The molecule has 0 radical (unpaired) electrons. The van der Waals surface area contributed by atoms with Crippen molar-refractivity contribution in [2.45, 2.75) is 4.90 Å². The van der Waals surface area contributed by atoms with Gasteiger partial charge in [-0.15, -0.1) is 0 Å². The fraction of sp³-hybridized carbons (Fsp3) is 0.167. The van der Waals surface area contributed by atoms with Gasteiger partial charge in [0.15, 0.2) is 0 Å². The summed E-state index contributed by atoms with van der Waals surface area (Å²) in [6.45, 7) is -0.697. The predicted octanol–water partition coefficient (Wildman–Crippen LogP) is -0.502. The highest BCUT2D eigenvalue weighted by molar-refractivity contribution is 7.86. The first-order valence-corrected chi connectivity index (χ1v) is 7.80. The van der Waals surface area contributed by atoms with Crippen LogP contribution in [-0.2, 0) is 19.7 Å². The van der Waals surface area contributed by atoms with Crippen LogP contribution < -0.4 is 5.32 Å². The van der Waals surface area contributed by atoms with E-state index >= 15 is 0 Å². The highest BCUT2D eigenvalue weighted by Gasteiger charge is 2.32. The third-order valence-corrected chi connectivity index (χ3v) is 3.95. The summed E-state index contributed by atoms with van der Waals surface area (Å²) < 4.78 is 32.0. The van der Waals surface area contributed by atoms with E-state index in [0.29, 0.717) is 6.07 Å². The molecule has 1 aliphatic heterocycles. The maximum atomic E-state index is 12.0. The molecule has 0 aromatic heterocycles. The first-order chi connectivity index (χ1) is 11.1. The summed E-state index contributed by atoms with van der Waals surface area (Å²) in [5.74, 6) is -1.53. The Labute approximate surface area is 135 Å². The summed E-state index contributed by atoms with van der Waals surface area (Å²) in [6, 6.07) is 2.56. The Kier molecular flexibility index (Phi) is 4.64. The van der Waals surface area contributed by atoms with Crippen molar-refractivity contribution in [3.05, 3.63) is 40.1 Å². The number of carbonyl (C=O) groups is 2. The van der Waals surface area contributed by atoms with Gasteiger partial charge in [0.05, 0.1) is 23.8 Å². The lowest BCUT2D eigenvalue weighted by molar-refractivity contribution is -0.385. The van der Waals surface area contributed by atoms with E-state index in [4.69, 9.17) is 5.11 Å². The molecule has 0 aliphatic carbocycles. The number of nitro groups is 1. The van der Waals surface area contributed by atoms with Gasteiger partial charge < -0.3 is 10.4 Å². The van der Waals surface area contributed by atoms with Gasteiger partial charge in [-0.25, -0.2) is 0 Å². The van der Waals surface area contributed by atoms with Gasteiger partial charge in [0.2, 0.25) is 0 Å². The van der Waals surface area contributed by atoms with Gasteiger partial charge in [-0.05, 0) is 6.07 Å². The molecule has 11 nitrogen and oxygen atoms in total. The number of aliphatic hydroxyl groups excluding tert-OH is 1. The number of benzene rings is 1. The van der Waals surface area contributed by atoms with E-state index in [0.717, 1.165) is 23.1 Å². The van der Waals surface area contributed by atoms with Gasteiger partial charge in [-0.3, -0.25) is 29.2 Å². The molecular formula is C12H11N3O8S. The lowest BCUT2D eigenvalue weighted by Gasteiger charge is -2.14. The van der Waals surface area contributed by atoms with Crippen molar-refractivity contribution in [3.8, 4) is 0 Å². The summed E-state index contributed by atoms with van der Waals surface area (Å²) in [5, 5.41) is 21.9. The number of hydrogen-bond donors (Lipinski definition) is 3. The molecule has 0 saturated carbocycles. The van der Waals surface area contributed by atoms with Gasteiger partial charge in [-0.2, -0.15) is 8.42 Å². The zero-order valence-corrected chi connectivity index (χ0v) is 12.7. The number of imide groups is 1. The predicted molar refractivity (Wildman–Crippen MR) is 78.4 cm³/mol. The van der Waals surface area contributed by atoms with E-state index < -0.39 is 44.0 Å². The molecule has 1 heterocycles. The SMILES string of the molecule is O=C1C=C(Nc2ccc([N+](=O)[O-])cc2S(=O)(=O)O)C(=O)N1CCO. The molecule has 2 rings (SSSR count). The number of aliphatic hydroxyl groups is 1. The quantitative estimate of drug-likeness (QED) is 0.263. The van der Waals surface area contributed by atoms with Crippen LogP contribution in [0.5, 0.6) is 0 Å². The smallest absolute Gasteiger partial charge is 0.296 e. The number of carbonyl (C=O) groups excluding carboxylic acids is 2. The number of β-amino-alcohol motifs (C(OH)–C–C–N with tert-alkyl or cyclic N) is 1. The average Bonchev–Trinajstić information content (AvgIpc) is 2.74. The number of nitrogens with zero attached hydrogens (tertiary/aromatic N) is 2. The molecule has 0 fully saturated rings. The van der Waals surface area contributed by atoms with Crippen LogP contribution in [-0.4, -0.2) is 52.9 Å². The number of nitro benzene ring substituents is 1. The van der Waals surface area contributed by atoms with Crippen molar-refractivity contribution in [1.29, 1.82) is 0 Å². The van der Waals surface area contributed by atoms with Gasteiger partial charge in [0.25, 0.3) is 27.6 Å². The molecule has 0 spiro atoms. The van der Waals surface area contributed by atoms with Crippen LogP contribution in [0.4, 0.5) is 11.4 Å². The number of rotatable bonds is 6. The molecule has 2 amide bonds. The van der Waals surface area contributed by atoms with Crippen LogP contribution in [0, 0.1) is 10.1 Å². The monoisotopic (exact) mass is 357 g/mol. The van der Waals surface area contributed by atoms with Crippen molar-refractivity contribution < 1.29 is 32.6 Å². The fourth-order valence-electron chi connectivity index (χ4n) is 2.00. The number of hydrogen-bond acceptors (Lipinski definition) is 8. The van der Waals surface area contributed by atoms with Crippen molar-refractivity contribution >= 4 is 33.3 Å². The second kappa shape index (κ2) is 6.35. The van der Waals surface area contributed by atoms with Crippen LogP contribution >= 0.6 is 0 Å². The molecular weight excluding hydrogens is 346 g/mol. The largest absolute Gasteiger partial charge is 0.395 e. The molecule has 0 unspecified atom stereocenters. The summed E-state index contributed by atoms with van der Waals surface area (Å²) >= 11 is 0. The van der Waals surface area contributed by atoms with E-state index in [2.05, 4.69) is 5.32 Å². The Morgan fingerprint density at radius 1 is 1.29 bits per heavy atom. The van der Waals surface area contributed by atoms with Gasteiger partial charge >= 0.3 is 0 Å². The lowest BCUT2D eigenvalue weighted by atomic mass is 10.2. The zero-order valence-electron chi connectivity index (χ0n) is 11.9. The topological polar surface area (TPSA) is 167 Å². The van der Waals surface area contributed by atoms with Crippen molar-refractivity contribution in [2.24, 2.45) is 0 Å². The Morgan fingerprint density at radius 3 is 2.50 bits per heavy atom. The normalized spacial score (nSPS) is 14.8. The van der Waals surface area contributed by atoms with Gasteiger partial charge in [-0.1, -0.05) is 0 Å². The van der Waals surface area contributed by atoms with Crippen LogP contribution in [0.2, 0.25) is 0 Å². The fourth-order valence-corrected chi connectivity index (χ4v) is 2.66. The highest BCUT2D eigenvalue weighted by atomic mass is 32.2. The van der Waals surface area contributed by atoms with Crippen LogP contribution in [0.3, 0.4) is 0 Å². The number of nitrogens with one attached hydrogen (secondary N) is 1. The Balaban J connectivity index is 2.41. The summed E-state index contributed by atoms with van der Waals surface area (Å²) in [7, 11) is -4.83. The Bertz CT molecular complexity index is 861. The van der Waals surface area contributed by atoms with E-state index in [9.17, 15) is 32.7 Å². The van der Waals surface area contributed by atoms with Crippen LogP contribution in [0.1, 0.15) is 0 Å². The third-order valence-electron chi connectivity index (χ3n) is 3.06. The molecule has 128 valence electrons. The highest BCUT2D eigenvalue weighted by Crippen LogP contribution is 2.28. The minimum absolute atomic E-state index is 0.245. The third kappa shape index (κ3) is 3.40. The molecule has 12 heteroatoms. The molecule has 0 bridgehead atoms. The van der Waals surface area contributed by atoms with Crippen molar-refractivity contribution in [2.75, 3.05) is 18.5 Å². The minimum Gasteiger partial charge on any atom is -0.395 e. The molecule has 3 N–H and O–H groups in total. The van der Waals surface area contributed by atoms with E-state index in [-0.39, 0.29) is 17.9 Å². The van der Waals surface area contributed by atoms with E-state index in [1.165, 1.54) is 0 Å². The van der Waals surface area contributed by atoms with E-state index in [1.807, 2.05) is 0 Å². The van der Waals surface area contributed by atoms with Crippen LogP contribution in [0.25, 0.3) is 0 Å². The van der Waals surface area contributed by atoms with Crippen molar-refractivity contribution in [3.63, 3.8) is 0 Å². The molecule has 1 aliphatic rings. The Morgan fingerprint density at radius 2 is 1.96 bits per heavy atom. The lowest BCUT2D eigenvalue weighted by Crippen LogP contribution is -2.34. The minimum atomic E-state index is -4.83. The van der Waals surface area contributed by atoms with Gasteiger partial charge in [0, 0.05) is 18.2 Å². The summed E-state index contributed by atoms with van der Waals surface area (Å²) in [5.41, 5.74) is -1.20. The standard InChI is InChI=1S/C12H11N3O8S/c16-4-3-14-11(17)6-9(12(14)18)13-8-2-1-7(15(19)20)5-10(8)24(21,22)23/h1-2,5-6,13,16H,3-4H2,(H,21,22,23). The number of anilines is 1. The number of non-ortho nitro benzene ring substituents is 1. The molecule has 1 aromatic carbocycles. The molecule has 0 atom stereocenters. The Hall–Kier alpha value is -2.83. The average molecular weight is 357 g/mol. The zero-order chi connectivity index (χ0) is 18.1. The summed E-state index contributed by atoms with van der Waals surface area (Å²) in [4.78, 5) is 33.4. The first-order valence-electron chi connectivity index (χ1n) is 6.36. The second-order valence-corrected chi connectivity index (χ2v) is 6.00. The molecule has 24 heavy (non-hydrogen) atoms. The summed E-state index contributed by atoms with van der Waals surface area (Å²) in [6.07, 6.45) is 0.882. The second-order valence-electron chi connectivity index (χ2n) is 4.61. The van der Waals surface area contributed by atoms with Gasteiger partial charge in [0.1, 0.15) is 10.6 Å².